The predicted octanol–water partition coefficient (Wildman–Crippen LogP) is 3.23. The number of amides is 1. The number of anilines is 2. The maximum absolute atomic E-state index is 12.4. The normalized spacial score (nSPS) is 10.5. The van der Waals surface area contributed by atoms with Crippen molar-refractivity contribution in [1.82, 2.24) is 9.97 Å². The molecular formula is C15H11BrN4O. The van der Waals surface area contributed by atoms with Gasteiger partial charge >= 0.3 is 0 Å². The molecule has 21 heavy (non-hydrogen) atoms. The van der Waals surface area contributed by atoms with Crippen molar-refractivity contribution in [2.45, 2.75) is 0 Å². The van der Waals surface area contributed by atoms with E-state index in [-0.39, 0.29) is 11.7 Å². The van der Waals surface area contributed by atoms with Gasteiger partial charge in [-0.3, -0.25) is 9.78 Å². The number of pyridine rings is 2. The number of rotatable bonds is 2. The van der Waals surface area contributed by atoms with Crippen molar-refractivity contribution in [2.75, 3.05) is 11.1 Å². The van der Waals surface area contributed by atoms with E-state index < -0.39 is 0 Å². The Hall–Kier alpha value is -2.47. The summed E-state index contributed by atoms with van der Waals surface area (Å²) in [5, 5.41) is 4.72. The lowest BCUT2D eigenvalue weighted by Crippen LogP contribution is -2.15. The third kappa shape index (κ3) is 2.71. The highest BCUT2D eigenvalue weighted by Gasteiger charge is 2.13. The molecule has 0 spiro atoms. The van der Waals surface area contributed by atoms with E-state index in [1.807, 2.05) is 24.3 Å². The van der Waals surface area contributed by atoms with Gasteiger partial charge in [0.15, 0.2) is 0 Å². The number of aromatic nitrogens is 2. The lowest BCUT2D eigenvalue weighted by molar-refractivity contribution is 0.102. The summed E-state index contributed by atoms with van der Waals surface area (Å²) >= 11 is 3.28. The number of halogens is 1. The van der Waals surface area contributed by atoms with Gasteiger partial charge in [0.05, 0.1) is 11.3 Å². The summed E-state index contributed by atoms with van der Waals surface area (Å²) in [5.74, 6) is -0.119. The molecule has 2 heterocycles. The molecule has 0 saturated carbocycles. The van der Waals surface area contributed by atoms with E-state index in [2.05, 4.69) is 31.2 Å². The Balaban J connectivity index is 1.99. The highest BCUT2D eigenvalue weighted by Crippen LogP contribution is 2.23. The number of nitrogen functional groups attached to an aromatic ring is 1. The molecule has 0 saturated heterocycles. The molecule has 0 aliphatic carbocycles. The van der Waals surface area contributed by atoms with Crippen LogP contribution in [0.4, 0.5) is 11.5 Å². The van der Waals surface area contributed by atoms with E-state index in [0.29, 0.717) is 15.7 Å². The number of nitrogens with two attached hydrogens (primary N) is 1. The molecule has 0 aliphatic rings. The number of hydrogen-bond acceptors (Lipinski definition) is 4. The minimum Gasteiger partial charge on any atom is -0.383 e. The summed E-state index contributed by atoms with van der Waals surface area (Å²) in [7, 11) is 0. The Morgan fingerprint density at radius 3 is 2.95 bits per heavy atom. The summed E-state index contributed by atoms with van der Waals surface area (Å²) < 4.78 is 0.696. The topological polar surface area (TPSA) is 80.9 Å². The maximum atomic E-state index is 12.4. The number of nitrogens with one attached hydrogen (secondary N) is 1. The van der Waals surface area contributed by atoms with Crippen LogP contribution in [-0.4, -0.2) is 15.9 Å². The van der Waals surface area contributed by atoms with E-state index in [1.165, 1.54) is 0 Å². The standard InChI is InChI=1S/C15H11BrN4O/c16-10-6-11(14(17)19-7-10)15(21)20-13-3-1-2-9-4-5-18-8-12(9)13/h1-8H,(H2,17,19)(H,20,21). The van der Waals surface area contributed by atoms with E-state index >= 15 is 0 Å². The van der Waals surface area contributed by atoms with Gasteiger partial charge in [-0.25, -0.2) is 4.98 Å². The fourth-order valence-electron chi connectivity index (χ4n) is 2.04. The Labute approximate surface area is 129 Å². The molecule has 1 amide bonds. The van der Waals surface area contributed by atoms with E-state index in [1.54, 1.807) is 24.7 Å². The molecule has 0 aliphatic heterocycles. The molecule has 0 atom stereocenters. The second-order valence-electron chi connectivity index (χ2n) is 4.44. The summed E-state index contributed by atoms with van der Waals surface area (Å²) in [4.78, 5) is 20.4. The summed E-state index contributed by atoms with van der Waals surface area (Å²) in [5.41, 5.74) is 6.76. The number of carbonyl (C=O) groups is 1. The monoisotopic (exact) mass is 342 g/mol. The van der Waals surface area contributed by atoms with Gasteiger partial charge in [-0.2, -0.15) is 0 Å². The van der Waals surface area contributed by atoms with Gasteiger partial charge in [0, 0.05) is 28.4 Å². The zero-order valence-corrected chi connectivity index (χ0v) is 12.5. The number of nitrogens with zero attached hydrogens (tertiary/aromatic N) is 2. The van der Waals surface area contributed by atoms with Gasteiger partial charge in [-0.05, 0) is 39.5 Å². The second-order valence-corrected chi connectivity index (χ2v) is 5.36. The number of hydrogen-bond donors (Lipinski definition) is 2. The van der Waals surface area contributed by atoms with Crippen molar-refractivity contribution in [1.29, 1.82) is 0 Å². The Morgan fingerprint density at radius 2 is 2.10 bits per heavy atom. The smallest absolute Gasteiger partial charge is 0.259 e. The van der Waals surface area contributed by atoms with Crippen molar-refractivity contribution in [3.05, 3.63) is 59.0 Å². The first-order valence-electron chi connectivity index (χ1n) is 6.20. The largest absolute Gasteiger partial charge is 0.383 e. The molecule has 3 rings (SSSR count). The minimum absolute atomic E-state index is 0.189. The van der Waals surface area contributed by atoms with Crippen LogP contribution in [0.15, 0.2) is 53.4 Å². The number of carbonyl (C=O) groups excluding carboxylic acids is 1. The van der Waals surface area contributed by atoms with Crippen LogP contribution in [0.3, 0.4) is 0 Å². The van der Waals surface area contributed by atoms with Crippen molar-refractivity contribution < 1.29 is 4.79 Å². The highest BCUT2D eigenvalue weighted by molar-refractivity contribution is 9.10. The summed E-state index contributed by atoms with van der Waals surface area (Å²) in [6.45, 7) is 0. The average molecular weight is 343 g/mol. The predicted molar refractivity (Wildman–Crippen MR) is 86.0 cm³/mol. The number of fused-ring (bicyclic) bond motifs is 1. The maximum Gasteiger partial charge on any atom is 0.259 e. The van der Waals surface area contributed by atoms with Crippen LogP contribution in [0.1, 0.15) is 10.4 Å². The SMILES string of the molecule is Nc1ncc(Br)cc1C(=O)Nc1cccc2ccncc12. The molecule has 104 valence electrons. The molecule has 6 heteroatoms. The van der Waals surface area contributed by atoms with Gasteiger partial charge in [0.25, 0.3) is 5.91 Å². The van der Waals surface area contributed by atoms with Gasteiger partial charge in [-0.15, -0.1) is 0 Å². The molecule has 1 aromatic carbocycles. The van der Waals surface area contributed by atoms with Gasteiger partial charge in [0.2, 0.25) is 0 Å². The van der Waals surface area contributed by atoms with Crippen LogP contribution in [0.5, 0.6) is 0 Å². The van der Waals surface area contributed by atoms with E-state index in [4.69, 9.17) is 5.73 Å². The molecule has 0 fully saturated rings. The zero-order valence-electron chi connectivity index (χ0n) is 10.9. The molecule has 3 N–H and O–H groups in total. The molecule has 0 radical (unpaired) electrons. The molecular weight excluding hydrogens is 332 g/mol. The quantitative estimate of drug-likeness (QED) is 0.749. The highest BCUT2D eigenvalue weighted by atomic mass is 79.9. The molecule has 3 aromatic rings. The van der Waals surface area contributed by atoms with Gasteiger partial charge < -0.3 is 11.1 Å². The van der Waals surface area contributed by atoms with Crippen molar-refractivity contribution >= 4 is 44.1 Å². The minimum atomic E-state index is -0.308. The fourth-order valence-corrected chi connectivity index (χ4v) is 2.38. The first-order valence-corrected chi connectivity index (χ1v) is 6.99. The van der Waals surface area contributed by atoms with Crippen LogP contribution in [0, 0.1) is 0 Å². The van der Waals surface area contributed by atoms with Crippen LogP contribution in [0.2, 0.25) is 0 Å². The van der Waals surface area contributed by atoms with Crippen LogP contribution < -0.4 is 11.1 Å². The van der Waals surface area contributed by atoms with Gasteiger partial charge in [0.1, 0.15) is 5.82 Å². The third-order valence-electron chi connectivity index (χ3n) is 3.06. The molecule has 0 bridgehead atoms. The van der Waals surface area contributed by atoms with Crippen molar-refractivity contribution in [3.8, 4) is 0 Å². The Kier molecular flexibility index (Phi) is 3.53. The van der Waals surface area contributed by atoms with E-state index in [0.717, 1.165) is 10.8 Å². The fraction of sp³-hybridized carbons (Fsp3) is 0. The Morgan fingerprint density at radius 1 is 1.24 bits per heavy atom. The lowest BCUT2D eigenvalue weighted by Gasteiger charge is -2.09. The third-order valence-corrected chi connectivity index (χ3v) is 3.50. The lowest BCUT2D eigenvalue weighted by atomic mass is 10.1. The van der Waals surface area contributed by atoms with Crippen LogP contribution in [0.25, 0.3) is 10.8 Å². The van der Waals surface area contributed by atoms with E-state index in [9.17, 15) is 4.79 Å². The summed E-state index contributed by atoms with van der Waals surface area (Å²) in [6, 6.07) is 9.19. The number of benzene rings is 1. The Bertz CT molecular complexity index is 830. The second kappa shape index (κ2) is 5.49. The van der Waals surface area contributed by atoms with Crippen LogP contribution in [-0.2, 0) is 0 Å². The molecule has 0 unspecified atom stereocenters. The van der Waals surface area contributed by atoms with Gasteiger partial charge in [-0.1, -0.05) is 12.1 Å². The molecule has 2 aromatic heterocycles. The summed E-state index contributed by atoms with van der Waals surface area (Å²) in [6.07, 6.45) is 4.98. The zero-order chi connectivity index (χ0) is 14.8. The van der Waals surface area contributed by atoms with Crippen LogP contribution >= 0.6 is 15.9 Å². The average Bonchev–Trinajstić information content (AvgIpc) is 2.50. The first-order chi connectivity index (χ1) is 10.1. The van der Waals surface area contributed by atoms with Crippen molar-refractivity contribution in [2.24, 2.45) is 0 Å². The van der Waals surface area contributed by atoms with Crippen molar-refractivity contribution in [3.63, 3.8) is 0 Å². The molecule has 5 nitrogen and oxygen atoms in total. The first kappa shape index (κ1) is 13.5.